The average Bonchev–Trinajstić information content (AvgIpc) is 3.13. The van der Waals surface area contributed by atoms with Crippen molar-refractivity contribution in [3.8, 4) is 0 Å². The third-order valence-corrected chi connectivity index (χ3v) is 5.64. The van der Waals surface area contributed by atoms with E-state index in [0.29, 0.717) is 5.76 Å². The second-order valence-electron chi connectivity index (χ2n) is 8.33. The fourth-order valence-electron chi connectivity index (χ4n) is 3.79. The minimum absolute atomic E-state index is 0.00579. The molecule has 0 spiro atoms. The van der Waals surface area contributed by atoms with Crippen molar-refractivity contribution in [2.45, 2.75) is 77.4 Å². The Balaban J connectivity index is 1.86. The first kappa shape index (κ1) is 21.9. The predicted molar refractivity (Wildman–Crippen MR) is 115 cm³/mol. The first-order valence-corrected chi connectivity index (χ1v) is 10.8. The first-order valence-electron chi connectivity index (χ1n) is 10.8. The zero-order valence-electron chi connectivity index (χ0n) is 17.9. The normalized spacial score (nSPS) is 16.1. The summed E-state index contributed by atoms with van der Waals surface area (Å²) < 4.78 is 7.05. The van der Waals surface area contributed by atoms with E-state index in [4.69, 9.17) is 4.42 Å². The highest BCUT2D eigenvalue weighted by molar-refractivity contribution is 5.99. The van der Waals surface area contributed by atoms with Gasteiger partial charge in [0.15, 0.2) is 0 Å². The van der Waals surface area contributed by atoms with Crippen LogP contribution < -0.4 is 16.1 Å². The van der Waals surface area contributed by atoms with Crippen LogP contribution in [0, 0.1) is 0 Å². The van der Waals surface area contributed by atoms with E-state index in [0.717, 1.165) is 25.7 Å². The molecule has 1 atom stereocenters. The van der Waals surface area contributed by atoms with Gasteiger partial charge >= 0.3 is 0 Å². The van der Waals surface area contributed by atoms with Crippen LogP contribution in [0.5, 0.6) is 0 Å². The monoisotopic (exact) mass is 413 g/mol. The van der Waals surface area contributed by atoms with Crippen LogP contribution in [0.2, 0.25) is 0 Å². The molecule has 1 fully saturated rings. The number of furan rings is 1. The van der Waals surface area contributed by atoms with E-state index in [9.17, 15) is 14.4 Å². The minimum Gasteiger partial charge on any atom is -0.467 e. The first-order chi connectivity index (χ1) is 14.4. The molecular weight excluding hydrogens is 382 g/mol. The van der Waals surface area contributed by atoms with Crippen molar-refractivity contribution in [1.82, 2.24) is 15.2 Å². The molecule has 1 aliphatic rings. The van der Waals surface area contributed by atoms with Crippen molar-refractivity contribution in [2.75, 3.05) is 0 Å². The summed E-state index contributed by atoms with van der Waals surface area (Å²) >= 11 is 0. The molecule has 3 rings (SSSR count). The van der Waals surface area contributed by atoms with Crippen molar-refractivity contribution in [2.24, 2.45) is 0 Å². The summed E-state index contributed by atoms with van der Waals surface area (Å²) in [7, 11) is 0. The molecule has 2 amide bonds. The molecule has 7 heteroatoms. The molecule has 0 bridgehead atoms. The van der Waals surface area contributed by atoms with Gasteiger partial charge in [-0.25, -0.2) is 0 Å². The van der Waals surface area contributed by atoms with Crippen LogP contribution in [-0.4, -0.2) is 22.4 Å². The lowest BCUT2D eigenvalue weighted by atomic mass is 10.1. The van der Waals surface area contributed by atoms with Gasteiger partial charge in [0.2, 0.25) is 5.43 Å². The summed E-state index contributed by atoms with van der Waals surface area (Å²) in [5.41, 5.74) is -0.593. The molecule has 30 heavy (non-hydrogen) atoms. The van der Waals surface area contributed by atoms with Crippen molar-refractivity contribution in [3.05, 3.63) is 57.9 Å². The van der Waals surface area contributed by atoms with Crippen LogP contribution in [0.15, 0.2) is 40.0 Å². The lowest BCUT2D eigenvalue weighted by molar-refractivity contribution is 0.0930. The van der Waals surface area contributed by atoms with Crippen molar-refractivity contribution in [3.63, 3.8) is 0 Å². The Bertz CT molecular complexity index is 922. The minimum atomic E-state index is -0.554. The quantitative estimate of drug-likeness (QED) is 0.701. The Hall–Kier alpha value is -2.83. The van der Waals surface area contributed by atoms with E-state index in [-0.39, 0.29) is 23.2 Å². The van der Waals surface area contributed by atoms with Crippen LogP contribution >= 0.6 is 0 Å². The zero-order chi connectivity index (χ0) is 21.7. The van der Waals surface area contributed by atoms with E-state index in [1.807, 2.05) is 13.8 Å². The van der Waals surface area contributed by atoms with Crippen molar-refractivity contribution in [1.29, 1.82) is 0 Å². The van der Waals surface area contributed by atoms with Crippen molar-refractivity contribution >= 4 is 11.8 Å². The highest BCUT2D eigenvalue weighted by Gasteiger charge is 2.23. The number of carbonyl (C=O) groups excluding carboxylic acids is 2. The summed E-state index contributed by atoms with van der Waals surface area (Å²) in [6, 6.07) is 3.16. The number of aromatic nitrogens is 1. The number of hydrogen-bond acceptors (Lipinski definition) is 4. The van der Waals surface area contributed by atoms with Gasteiger partial charge < -0.3 is 19.6 Å². The standard InChI is InChI=1S/C23H31N3O4/c1-15(2)26-13-18(22(28)24-16(3)20-11-8-12-30-20)21(27)19(14-26)23(29)25-17-9-6-4-5-7-10-17/h8,11-17H,4-7,9-10H2,1-3H3,(H,24,28)(H,25,29)/t16-/m1/s1. The lowest BCUT2D eigenvalue weighted by Crippen LogP contribution is -2.39. The summed E-state index contributed by atoms with van der Waals surface area (Å²) in [4.78, 5) is 38.8. The van der Waals surface area contributed by atoms with E-state index in [1.54, 1.807) is 29.8 Å². The van der Waals surface area contributed by atoms with Gasteiger partial charge in [-0.2, -0.15) is 0 Å². The number of nitrogens with one attached hydrogen (secondary N) is 2. The Morgan fingerprint density at radius 3 is 2.23 bits per heavy atom. The summed E-state index contributed by atoms with van der Waals surface area (Å²) in [6.07, 6.45) is 10.9. The van der Waals surface area contributed by atoms with Gasteiger partial charge in [-0.05, 0) is 45.7 Å². The maximum atomic E-state index is 13.0. The number of carbonyl (C=O) groups is 2. The smallest absolute Gasteiger partial charge is 0.257 e. The van der Waals surface area contributed by atoms with E-state index in [2.05, 4.69) is 10.6 Å². The van der Waals surface area contributed by atoms with E-state index in [1.165, 1.54) is 25.3 Å². The van der Waals surface area contributed by atoms with Gasteiger partial charge in [-0.3, -0.25) is 14.4 Å². The molecule has 2 N–H and O–H groups in total. The van der Waals surface area contributed by atoms with Crippen LogP contribution in [-0.2, 0) is 0 Å². The molecule has 0 saturated heterocycles. The third-order valence-electron chi connectivity index (χ3n) is 5.64. The van der Waals surface area contributed by atoms with Crippen LogP contribution in [0.25, 0.3) is 0 Å². The Kier molecular flexibility index (Phi) is 7.13. The molecule has 0 aliphatic heterocycles. The molecule has 0 aromatic carbocycles. The molecule has 0 unspecified atom stereocenters. The van der Waals surface area contributed by atoms with Gasteiger partial charge in [-0.1, -0.05) is 25.7 Å². The maximum absolute atomic E-state index is 13.0. The fraction of sp³-hybridized carbons (Fsp3) is 0.522. The third kappa shape index (κ3) is 5.20. The van der Waals surface area contributed by atoms with Crippen LogP contribution in [0.4, 0.5) is 0 Å². The largest absolute Gasteiger partial charge is 0.467 e. The summed E-state index contributed by atoms with van der Waals surface area (Å²) in [5.74, 6) is -0.341. The van der Waals surface area contributed by atoms with Crippen molar-refractivity contribution < 1.29 is 14.0 Å². The molecule has 2 heterocycles. The molecule has 0 radical (unpaired) electrons. The lowest BCUT2D eigenvalue weighted by Gasteiger charge is -2.19. The number of pyridine rings is 1. The molecule has 1 saturated carbocycles. The SMILES string of the molecule is CC(C)n1cc(C(=O)NC2CCCCCC2)c(=O)c(C(=O)N[C@H](C)c2ccco2)c1. The molecular formula is C23H31N3O4. The van der Waals surface area contributed by atoms with Crippen LogP contribution in [0.3, 0.4) is 0 Å². The van der Waals surface area contributed by atoms with Crippen LogP contribution in [0.1, 0.15) is 97.9 Å². The Morgan fingerprint density at radius 1 is 1.03 bits per heavy atom. The molecule has 162 valence electrons. The second kappa shape index (κ2) is 9.78. The topological polar surface area (TPSA) is 93.3 Å². The summed E-state index contributed by atoms with van der Waals surface area (Å²) in [6.45, 7) is 5.65. The highest BCUT2D eigenvalue weighted by atomic mass is 16.3. The number of hydrogen-bond donors (Lipinski definition) is 2. The average molecular weight is 414 g/mol. The molecule has 2 aromatic rings. The Morgan fingerprint density at radius 2 is 1.67 bits per heavy atom. The number of amides is 2. The van der Waals surface area contributed by atoms with Gasteiger partial charge in [0.1, 0.15) is 16.9 Å². The van der Waals surface area contributed by atoms with E-state index < -0.39 is 23.3 Å². The maximum Gasteiger partial charge on any atom is 0.257 e. The highest BCUT2D eigenvalue weighted by Crippen LogP contribution is 2.18. The van der Waals surface area contributed by atoms with Gasteiger partial charge in [-0.15, -0.1) is 0 Å². The van der Waals surface area contributed by atoms with Gasteiger partial charge in [0.05, 0.1) is 12.3 Å². The number of rotatable bonds is 6. The molecule has 7 nitrogen and oxygen atoms in total. The van der Waals surface area contributed by atoms with Gasteiger partial charge in [0.25, 0.3) is 11.8 Å². The zero-order valence-corrected chi connectivity index (χ0v) is 17.9. The molecule has 2 aromatic heterocycles. The number of nitrogens with zero attached hydrogens (tertiary/aromatic N) is 1. The summed E-state index contributed by atoms with van der Waals surface area (Å²) in [5, 5.41) is 5.80. The Labute approximate surface area is 176 Å². The van der Waals surface area contributed by atoms with E-state index >= 15 is 0 Å². The molecule has 1 aliphatic carbocycles. The van der Waals surface area contributed by atoms with Gasteiger partial charge in [0, 0.05) is 24.5 Å². The fourth-order valence-corrected chi connectivity index (χ4v) is 3.79. The predicted octanol–water partition coefficient (Wildman–Crippen LogP) is 3.97. The second-order valence-corrected chi connectivity index (χ2v) is 8.33.